The maximum Gasteiger partial charge on any atom is 0.234 e. The van der Waals surface area contributed by atoms with Crippen molar-refractivity contribution in [3.05, 3.63) is 23.8 Å². The Bertz CT molecular complexity index is 424. The molecule has 0 bridgehead atoms. The number of carbonyl (C=O) groups excluding carboxylic acids is 1. The van der Waals surface area contributed by atoms with Crippen LogP contribution in [0.1, 0.15) is 24.8 Å². The summed E-state index contributed by atoms with van der Waals surface area (Å²) < 4.78 is 10.5. The summed E-state index contributed by atoms with van der Waals surface area (Å²) in [7, 11) is 3.27. The lowest BCUT2D eigenvalue weighted by Crippen LogP contribution is -2.25. The van der Waals surface area contributed by atoms with E-state index < -0.39 is 0 Å². The van der Waals surface area contributed by atoms with E-state index in [1.165, 1.54) is 5.56 Å². The number of hydrogen-bond acceptors (Lipinski definition) is 3. The minimum absolute atomic E-state index is 0.0334. The molecule has 5 heteroatoms. The zero-order chi connectivity index (χ0) is 14.8. The highest BCUT2D eigenvalue weighted by atomic mass is 35.5. The highest BCUT2D eigenvalue weighted by Gasteiger charge is 2.04. The van der Waals surface area contributed by atoms with E-state index in [0.717, 1.165) is 37.2 Å². The maximum absolute atomic E-state index is 10.9. The summed E-state index contributed by atoms with van der Waals surface area (Å²) >= 11 is 5.39. The van der Waals surface area contributed by atoms with Crippen molar-refractivity contribution < 1.29 is 14.3 Å². The molecule has 1 amide bonds. The van der Waals surface area contributed by atoms with Crippen molar-refractivity contribution in [1.82, 2.24) is 5.32 Å². The van der Waals surface area contributed by atoms with Gasteiger partial charge in [0.05, 0.1) is 14.2 Å². The Morgan fingerprint density at radius 2 is 1.90 bits per heavy atom. The molecule has 0 aromatic heterocycles. The van der Waals surface area contributed by atoms with Crippen LogP contribution in [0.2, 0.25) is 0 Å². The molecule has 20 heavy (non-hydrogen) atoms. The second-order valence-electron chi connectivity index (χ2n) is 4.48. The fraction of sp³-hybridized carbons (Fsp3) is 0.533. The normalized spacial score (nSPS) is 10.2. The molecule has 0 spiro atoms. The Morgan fingerprint density at radius 3 is 2.55 bits per heavy atom. The van der Waals surface area contributed by atoms with Crippen molar-refractivity contribution in [2.45, 2.75) is 25.7 Å². The highest BCUT2D eigenvalue weighted by Crippen LogP contribution is 2.28. The average molecular weight is 300 g/mol. The minimum Gasteiger partial charge on any atom is -0.493 e. The number of benzene rings is 1. The van der Waals surface area contributed by atoms with Crippen molar-refractivity contribution >= 4 is 17.5 Å². The lowest BCUT2D eigenvalue weighted by molar-refractivity contribution is -0.118. The number of halogens is 1. The monoisotopic (exact) mass is 299 g/mol. The Kier molecular flexibility index (Phi) is 7.88. The van der Waals surface area contributed by atoms with Crippen LogP contribution in [-0.2, 0) is 11.2 Å². The van der Waals surface area contributed by atoms with Gasteiger partial charge in [0.2, 0.25) is 5.91 Å². The SMILES string of the molecule is COc1ccc(CCCCCNC(=O)CCl)cc1OC. The fourth-order valence-corrected chi connectivity index (χ4v) is 2.04. The predicted octanol–water partition coefficient (Wildman–Crippen LogP) is 2.77. The third-order valence-electron chi connectivity index (χ3n) is 3.03. The molecular weight excluding hydrogens is 278 g/mol. The Morgan fingerprint density at radius 1 is 1.15 bits per heavy atom. The summed E-state index contributed by atoms with van der Waals surface area (Å²) in [6.45, 7) is 0.692. The molecule has 0 unspecified atom stereocenters. The molecule has 0 fully saturated rings. The number of unbranched alkanes of at least 4 members (excludes halogenated alkanes) is 2. The van der Waals surface area contributed by atoms with Crippen LogP contribution in [0, 0.1) is 0 Å². The summed E-state index contributed by atoms with van der Waals surface area (Å²) in [5.41, 5.74) is 1.23. The van der Waals surface area contributed by atoms with Gasteiger partial charge in [-0.1, -0.05) is 12.5 Å². The van der Waals surface area contributed by atoms with Crippen LogP contribution in [-0.4, -0.2) is 32.6 Å². The lowest BCUT2D eigenvalue weighted by atomic mass is 10.1. The minimum atomic E-state index is -0.105. The third-order valence-corrected chi connectivity index (χ3v) is 3.28. The van der Waals surface area contributed by atoms with E-state index in [2.05, 4.69) is 11.4 Å². The number of alkyl halides is 1. The Balaban J connectivity index is 2.27. The largest absolute Gasteiger partial charge is 0.493 e. The van der Waals surface area contributed by atoms with E-state index in [1.54, 1.807) is 14.2 Å². The molecule has 1 aromatic carbocycles. The molecule has 0 aliphatic heterocycles. The smallest absolute Gasteiger partial charge is 0.234 e. The summed E-state index contributed by atoms with van der Waals surface area (Å²) in [5.74, 6) is 1.44. The zero-order valence-corrected chi connectivity index (χ0v) is 12.8. The van der Waals surface area contributed by atoms with E-state index in [0.29, 0.717) is 6.54 Å². The molecule has 0 aliphatic rings. The first kappa shape index (κ1) is 16.6. The molecule has 1 rings (SSSR count). The molecule has 0 atom stereocenters. The molecule has 0 radical (unpaired) electrons. The van der Waals surface area contributed by atoms with Gasteiger partial charge in [-0.2, -0.15) is 0 Å². The number of aryl methyl sites for hydroxylation is 1. The molecule has 0 heterocycles. The van der Waals surface area contributed by atoms with Crippen LogP contribution in [0.25, 0.3) is 0 Å². The van der Waals surface area contributed by atoms with Crippen LogP contribution in [0.5, 0.6) is 11.5 Å². The highest BCUT2D eigenvalue weighted by molar-refractivity contribution is 6.27. The molecule has 0 aliphatic carbocycles. The Hall–Kier alpha value is -1.42. The molecule has 4 nitrogen and oxygen atoms in total. The number of carbonyl (C=O) groups is 1. The summed E-state index contributed by atoms with van der Waals surface area (Å²) in [6.07, 6.45) is 4.10. The van der Waals surface area contributed by atoms with Gasteiger partial charge in [0.1, 0.15) is 5.88 Å². The van der Waals surface area contributed by atoms with Crippen LogP contribution >= 0.6 is 11.6 Å². The first-order valence-electron chi connectivity index (χ1n) is 6.74. The van der Waals surface area contributed by atoms with Gasteiger partial charge in [-0.3, -0.25) is 4.79 Å². The molecule has 1 N–H and O–H groups in total. The second-order valence-corrected chi connectivity index (χ2v) is 4.75. The van der Waals surface area contributed by atoms with E-state index >= 15 is 0 Å². The number of rotatable bonds is 9. The van der Waals surface area contributed by atoms with Gasteiger partial charge in [-0.05, 0) is 37.0 Å². The Labute approximate surface area is 125 Å². The van der Waals surface area contributed by atoms with Gasteiger partial charge in [-0.25, -0.2) is 0 Å². The third kappa shape index (κ3) is 5.70. The van der Waals surface area contributed by atoms with Crippen LogP contribution < -0.4 is 14.8 Å². The van der Waals surface area contributed by atoms with Gasteiger partial charge in [0.25, 0.3) is 0 Å². The van der Waals surface area contributed by atoms with Crippen molar-refractivity contribution in [2.75, 3.05) is 26.6 Å². The quantitative estimate of drug-likeness (QED) is 0.563. The van der Waals surface area contributed by atoms with E-state index in [9.17, 15) is 4.79 Å². The van der Waals surface area contributed by atoms with E-state index in [-0.39, 0.29) is 11.8 Å². The first-order valence-corrected chi connectivity index (χ1v) is 7.28. The fourth-order valence-electron chi connectivity index (χ4n) is 1.94. The maximum atomic E-state index is 10.9. The molecule has 0 saturated carbocycles. The van der Waals surface area contributed by atoms with Crippen LogP contribution in [0.3, 0.4) is 0 Å². The lowest BCUT2D eigenvalue weighted by Gasteiger charge is -2.09. The summed E-state index contributed by atoms with van der Waals surface area (Å²) in [5, 5.41) is 2.76. The summed E-state index contributed by atoms with van der Waals surface area (Å²) in [6, 6.07) is 5.99. The molecular formula is C15H22ClNO3. The number of methoxy groups -OCH3 is 2. The molecule has 0 saturated heterocycles. The standard InChI is InChI=1S/C15H22ClNO3/c1-19-13-8-7-12(10-14(13)20-2)6-4-3-5-9-17-15(18)11-16/h7-8,10H,3-6,9,11H2,1-2H3,(H,17,18). The van der Waals surface area contributed by atoms with Crippen LogP contribution in [0.15, 0.2) is 18.2 Å². The van der Waals surface area contributed by atoms with Gasteiger partial charge in [0, 0.05) is 6.54 Å². The van der Waals surface area contributed by atoms with Gasteiger partial charge in [-0.15, -0.1) is 11.6 Å². The first-order chi connectivity index (χ1) is 9.71. The zero-order valence-electron chi connectivity index (χ0n) is 12.1. The van der Waals surface area contributed by atoms with Crippen molar-refractivity contribution in [3.63, 3.8) is 0 Å². The number of ether oxygens (including phenoxy) is 2. The number of amides is 1. The molecule has 1 aromatic rings. The van der Waals surface area contributed by atoms with Crippen LogP contribution in [0.4, 0.5) is 0 Å². The predicted molar refractivity (Wildman–Crippen MR) is 80.8 cm³/mol. The topological polar surface area (TPSA) is 47.6 Å². The summed E-state index contributed by atoms with van der Waals surface area (Å²) in [4.78, 5) is 10.9. The van der Waals surface area contributed by atoms with Gasteiger partial charge in [0.15, 0.2) is 11.5 Å². The van der Waals surface area contributed by atoms with Crippen molar-refractivity contribution in [2.24, 2.45) is 0 Å². The average Bonchev–Trinajstić information content (AvgIpc) is 2.49. The molecule has 112 valence electrons. The van der Waals surface area contributed by atoms with Crippen molar-refractivity contribution in [3.8, 4) is 11.5 Å². The number of hydrogen-bond donors (Lipinski definition) is 1. The van der Waals surface area contributed by atoms with Crippen molar-refractivity contribution in [1.29, 1.82) is 0 Å². The number of nitrogens with one attached hydrogen (secondary N) is 1. The van der Waals surface area contributed by atoms with E-state index in [1.807, 2.05) is 12.1 Å². The van der Waals surface area contributed by atoms with E-state index in [4.69, 9.17) is 21.1 Å². The second kappa shape index (κ2) is 9.48. The van der Waals surface area contributed by atoms with Gasteiger partial charge < -0.3 is 14.8 Å². The van der Waals surface area contributed by atoms with Gasteiger partial charge >= 0.3 is 0 Å².